The number of benzene rings is 2. The smallest absolute Gasteiger partial charge is 0.350 e. The summed E-state index contributed by atoms with van der Waals surface area (Å²) in [5, 5.41) is 8.30. The Morgan fingerprint density at radius 3 is 2.65 bits per heavy atom. The maximum atomic E-state index is 13.1. The fourth-order valence-corrected chi connectivity index (χ4v) is 3.81. The highest BCUT2D eigenvalue weighted by molar-refractivity contribution is 6.31. The van der Waals surface area contributed by atoms with Gasteiger partial charge in [-0.15, -0.1) is 5.10 Å². The zero-order chi connectivity index (χ0) is 22.1. The molecule has 0 saturated heterocycles. The SMILES string of the molecule is CCCn1c(=O)c2ccc(Cl)cc2n2c(=O)n(CC(=O)NCc3ccccc3Cl)nc12. The van der Waals surface area contributed by atoms with Gasteiger partial charge in [-0.05, 0) is 36.2 Å². The van der Waals surface area contributed by atoms with Crippen LogP contribution in [-0.4, -0.2) is 24.7 Å². The Kier molecular flexibility index (Phi) is 5.84. The van der Waals surface area contributed by atoms with E-state index < -0.39 is 11.6 Å². The number of aromatic nitrogens is 4. The van der Waals surface area contributed by atoms with Gasteiger partial charge >= 0.3 is 5.69 Å². The number of fused-ring (bicyclic) bond motifs is 3. The molecule has 1 N–H and O–H groups in total. The number of hydrogen-bond donors (Lipinski definition) is 1. The molecule has 0 atom stereocenters. The third-order valence-electron chi connectivity index (χ3n) is 4.91. The summed E-state index contributed by atoms with van der Waals surface area (Å²) < 4.78 is 3.80. The third kappa shape index (κ3) is 3.96. The quantitative estimate of drug-likeness (QED) is 0.479. The Hall–Kier alpha value is -3.10. The van der Waals surface area contributed by atoms with Crippen LogP contribution in [0, 0.1) is 0 Å². The molecule has 0 unspecified atom stereocenters. The van der Waals surface area contributed by atoms with Crippen molar-refractivity contribution in [2.24, 2.45) is 0 Å². The van der Waals surface area contributed by atoms with E-state index >= 15 is 0 Å². The highest BCUT2D eigenvalue weighted by Gasteiger charge is 2.18. The number of rotatable bonds is 6. The molecule has 10 heteroatoms. The summed E-state index contributed by atoms with van der Waals surface area (Å²) in [5.41, 5.74) is 0.325. The molecule has 0 aliphatic rings. The third-order valence-corrected chi connectivity index (χ3v) is 5.52. The number of amides is 1. The Morgan fingerprint density at radius 2 is 1.90 bits per heavy atom. The molecular formula is C21H19Cl2N5O3. The van der Waals surface area contributed by atoms with Gasteiger partial charge in [0, 0.05) is 23.1 Å². The number of carbonyl (C=O) groups excluding carboxylic acids is 1. The van der Waals surface area contributed by atoms with Crippen molar-refractivity contribution in [3.05, 3.63) is 78.9 Å². The summed E-state index contributed by atoms with van der Waals surface area (Å²) in [6.45, 7) is 2.23. The normalized spacial score (nSPS) is 11.3. The van der Waals surface area contributed by atoms with Gasteiger partial charge in [0.1, 0.15) is 6.54 Å². The predicted octanol–water partition coefficient (Wildman–Crippen LogP) is 2.84. The molecule has 31 heavy (non-hydrogen) atoms. The minimum absolute atomic E-state index is 0.172. The summed E-state index contributed by atoms with van der Waals surface area (Å²) in [6.07, 6.45) is 0.675. The van der Waals surface area contributed by atoms with E-state index in [9.17, 15) is 14.4 Å². The number of nitrogens with zero attached hydrogens (tertiary/aromatic N) is 4. The molecule has 2 aromatic carbocycles. The van der Waals surface area contributed by atoms with Crippen molar-refractivity contribution < 1.29 is 4.79 Å². The van der Waals surface area contributed by atoms with Gasteiger partial charge in [-0.2, -0.15) is 0 Å². The van der Waals surface area contributed by atoms with Crippen molar-refractivity contribution in [1.82, 2.24) is 24.1 Å². The fraction of sp³-hybridized carbons (Fsp3) is 0.238. The van der Waals surface area contributed by atoms with Gasteiger partial charge in [-0.1, -0.05) is 48.3 Å². The molecule has 0 radical (unpaired) electrons. The molecule has 2 heterocycles. The van der Waals surface area contributed by atoms with Crippen molar-refractivity contribution >= 4 is 45.8 Å². The van der Waals surface area contributed by atoms with Crippen LogP contribution in [0.4, 0.5) is 0 Å². The molecule has 2 aromatic heterocycles. The first-order chi connectivity index (χ1) is 14.9. The largest absolute Gasteiger partial charge is 0.352 e. The van der Waals surface area contributed by atoms with Gasteiger partial charge in [0.25, 0.3) is 5.56 Å². The fourth-order valence-electron chi connectivity index (χ4n) is 3.44. The van der Waals surface area contributed by atoms with Crippen molar-refractivity contribution in [1.29, 1.82) is 0 Å². The molecule has 4 aromatic rings. The summed E-state index contributed by atoms with van der Waals surface area (Å²) in [6, 6.07) is 11.9. The maximum absolute atomic E-state index is 13.1. The van der Waals surface area contributed by atoms with Crippen LogP contribution in [0.5, 0.6) is 0 Å². The number of nitrogens with one attached hydrogen (secondary N) is 1. The monoisotopic (exact) mass is 459 g/mol. The molecule has 0 fully saturated rings. The first-order valence-electron chi connectivity index (χ1n) is 9.72. The second kappa shape index (κ2) is 8.56. The van der Waals surface area contributed by atoms with Crippen LogP contribution in [-0.2, 0) is 24.4 Å². The number of hydrogen-bond acceptors (Lipinski definition) is 4. The van der Waals surface area contributed by atoms with Crippen LogP contribution < -0.4 is 16.6 Å². The van der Waals surface area contributed by atoms with Gasteiger partial charge < -0.3 is 5.32 Å². The lowest BCUT2D eigenvalue weighted by atomic mass is 10.2. The summed E-state index contributed by atoms with van der Waals surface area (Å²) >= 11 is 12.2. The van der Waals surface area contributed by atoms with Crippen LogP contribution in [0.1, 0.15) is 18.9 Å². The summed E-state index contributed by atoms with van der Waals surface area (Å²) in [7, 11) is 0. The van der Waals surface area contributed by atoms with Crippen LogP contribution >= 0.6 is 23.2 Å². The lowest BCUT2D eigenvalue weighted by Crippen LogP contribution is -2.32. The Balaban J connectivity index is 1.74. The predicted molar refractivity (Wildman–Crippen MR) is 120 cm³/mol. The standard InChI is InChI=1S/C21H19Cl2N5O3/c1-2-9-26-19(30)15-8-7-14(22)10-17(15)28-20(26)25-27(21(28)31)12-18(29)24-11-13-5-3-4-6-16(13)23/h3-8,10H,2,9,11-12H2,1H3,(H,24,29). The van der Waals surface area contributed by atoms with E-state index in [0.717, 1.165) is 10.2 Å². The minimum atomic E-state index is -0.528. The average molecular weight is 460 g/mol. The van der Waals surface area contributed by atoms with E-state index in [2.05, 4.69) is 10.4 Å². The molecule has 0 bridgehead atoms. The van der Waals surface area contributed by atoms with Crippen LogP contribution in [0.25, 0.3) is 16.7 Å². The van der Waals surface area contributed by atoms with E-state index in [-0.39, 0.29) is 24.4 Å². The van der Waals surface area contributed by atoms with E-state index in [4.69, 9.17) is 23.2 Å². The lowest BCUT2D eigenvalue weighted by Gasteiger charge is -2.08. The van der Waals surface area contributed by atoms with Crippen molar-refractivity contribution in [3.63, 3.8) is 0 Å². The Morgan fingerprint density at radius 1 is 1.13 bits per heavy atom. The van der Waals surface area contributed by atoms with Gasteiger partial charge in [0.05, 0.1) is 10.9 Å². The van der Waals surface area contributed by atoms with Gasteiger partial charge in [0.2, 0.25) is 11.7 Å². The van der Waals surface area contributed by atoms with Gasteiger partial charge in [-0.3, -0.25) is 14.2 Å². The zero-order valence-corrected chi connectivity index (χ0v) is 18.2. The molecule has 0 saturated carbocycles. The van der Waals surface area contributed by atoms with E-state index in [0.29, 0.717) is 33.9 Å². The molecule has 0 spiro atoms. The lowest BCUT2D eigenvalue weighted by molar-refractivity contribution is -0.122. The topological polar surface area (TPSA) is 90.4 Å². The Labute approximate surface area is 186 Å². The molecule has 1 amide bonds. The van der Waals surface area contributed by atoms with Crippen LogP contribution in [0.15, 0.2) is 52.1 Å². The minimum Gasteiger partial charge on any atom is -0.350 e. The highest BCUT2D eigenvalue weighted by atomic mass is 35.5. The molecule has 0 aliphatic carbocycles. The van der Waals surface area contributed by atoms with E-state index in [1.807, 2.05) is 13.0 Å². The Bertz CT molecular complexity index is 1420. The molecule has 0 aliphatic heterocycles. The van der Waals surface area contributed by atoms with Crippen molar-refractivity contribution in [2.45, 2.75) is 33.0 Å². The first-order valence-corrected chi connectivity index (χ1v) is 10.5. The molecule has 160 valence electrons. The summed E-state index contributed by atoms with van der Waals surface area (Å²) in [4.78, 5) is 38.5. The number of aryl methyl sites for hydroxylation is 1. The van der Waals surface area contributed by atoms with Gasteiger partial charge in [0.15, 0.2) is 0 Å². The van der Waals surface area contributed by atoms with Gasteiger partial charge in [-0.25, -0.2) is 13.9 Å². The van der Waals surface area contributed by atoms with Crippen molar-refractivity contribution in [2.75, 3.05) is 0 Å². The van der Waals surface area contributed by atoms with E-state index in [1.165, 1.54) is 8.97 Å². The first kappa shape index (κ1) is 21.1. The van der Waals surface area contributed by atoms with Crippen LogP contribution in [0.2, 0.25) is 10.0 Å². The number of halogens is 2. The van der Waals surface area contributed by atoms with Crippen LogP contribution in [0.3, 0.4) is 0 Å². The molecule has 4 rings (SSSR count). The van der Waals surface area contributed by atoms with Crippen molar-refractivity contribution in [3.8, 4) is 0 Å². The zero-order valence-electron chi connectivity index (χ0n) is 16.6. The summed E-state index contributed by atoms with van der Waals surface area (Å²) in [5.74, 6) is -0.234. The molecular weight excluding hydrogens is 441 g/mol. The second-order valence-corrected chi connectivity index (χ2v) is 7.91. The highest BCUT2D eigenvalue weighted by Crippen LogP contribution is 2.17. The second-order valence-electron chi connectivity index (χ2n) is 7.06. The maximum Gasteiger partial charge on any atom is 0.352 e. The van der Waals surface area contributed by atoms with E-state index in [1.54, 1.807) is 36.4 Å². The average Bonchev–Trinajstić information content (AvgIpc) is 3.06. The number of carbonyl (C=O) groups is 1. The molecule has 8 nitrogen and oxygen atoms in total.